The van der Waals surface area contributed by atoms with E-state index in [4.69, 9.17) is 0 Å². The summed E-state index contributed by atoms with van der Waals surface area (Å²) in [7, 11) is 0. The van der Waals surface area contributed by atoms with Crippen LogP contribution in [0.5, 0.6) is 0 Å². The van der Waals surface area contributed by atoms with Gasteiger partial charge in [-0.05, 0) is 18.9 Å². The largest absolute Gasteiger partial charge is 0.349 e. The van der Waals surface area contributed by atoms with Gasteiger partial charge in [0.2, 0.25) is 0 Å². The van der Waals surface area contributed by atoms with Crippen molar-refractivity contribution in [2.24, 2.45) is 5.92 Å². The molecule has 0 aromatic carbocycles. The van der Waals surface area contributed by atoms with Crippen molar-refractivity contribution >= 4 is 22.2 Å². The van der Waals surface area contributed by atoms with Gasteiger partial charge in [0, 0.05) is 12.1 Å². The van der Waals surface area contributed by atoms with Gasteiger partial charge in [-0.2, -0.15) is 0 Å². The van der Waals surface area contributed by atoms with E-state index in [0.29, 0.717) is 10.8 Å². The lowest BCUT2D eigenvalue weighted by Crippen LogP contribution is -2.35. The molecule has 1 aromatic heterocycles. The predicted octanol–water partition coefficient (Wildman–Crippen LogP) is 2.43. The highest BCUT2D eigenvalue weighted by atomic mass is 32.1. The van der Waals surface area contributed by atoms with Gasteiger partial charge in [-0.25, -0.2) is 0 Å². The SMILES string of the molecule is CC(C)C(C)NC(=O)c1ccc([N+](=O)[O-])s1. The maximum Gasteiger partial charge on any atom is 0.324 e. The molecule has 0 saturated heterocycles. The summed E-state index contributed by atoms with van der Waals surface area (Å²) in [5, 5.41) is 13.2. The molecule has 0 aliphatic heterocycles. The Hall–Kier alpha value is -1.43. The summed E-state index contributed by atoms with van der Waals surface area (Å²) in [5.74, 6) is 0.0817. The van der Waals surface area contributed by atoms with Crippen molar-refractivity contribution in [3.05, 3.63) is 27.1 Å². The summed E-state index contributed by atoms with van der Waals surface area (Å²) in [5.41, 5.74) is 0. The zero-order chi connectivity index (χ0) is 12.3. The Kier molecular flexibility index (Phi) is 4.00. The molecule has 0 saturated carbocycles. The summed E-state index contributed by atoms with van der Waals surface area (Å²) < 4.78 is 0. The van der Waals surface area contributed by atoms with Crippen LogP contribution in [0, 0.1) is 16.0 Å². The first kappa shape index (κ1) is 12.6. The molecule has 1 unspecified atom stereocenters. The molecule has 1 aromatic rings. The topological polar surface area (TPSA) is 72.2 Å². The minimum atomic E-state index is -0.493. The summed E-state index contributed by atoms with van der Waals surface area (Å²) in [6.45, 7) is 5.91. The molecule has 5 nitrogen and oxygen atoms in total. The Morgan fingerprint density at radius 1 is 1.44 bits per heavy atom. The van der Waals surface area contributed by atoms with E-state index >= 15 is 0 Å². The van der Waals surface area contributed by atoms with Crippen LogP contribution < -0.4 is 5.32 Å². The van der Waals surface area contributed by atoms with E-state index in [1.54, 1.807) is 0 Å². The molecule has 1 amide bonds. The second-order valence-corrected chi connectivity index (χ2v) is 4.96. The van der Waals surface area contributed by atoms with Crippen LogP contribution in [0.2, 0.25) is 0 Å². The first-order chi connectivity index (χ1) is 7.41. The monoisotopic (exact) mass is 242 g/mol. The first-order valence-electron chi connectivity index (χ1n) is 4.97. The van der Waals surface area contributed by atoms with Crippen molar-refractivity contribution in [1.29, 1.82) is 0 Å². The highest BCUT2D eigenvalue weighted by molar-refractivity contribution is 7.17. The van der Waals surface area contributed by atoms with Gasteiger partial charge in [-0.3, -0.25) is 14.9 Å². The molecule has 1 rings (SSSR count). The predicted molar refractivity (Wildman–Crippen MR) is 62.7 cm³/mol. The second-order valence-electron chi connectivity index (χ2n) is 3.90. The zero-order valence-electron chi connectivity index (χ0n) is 9.39. The van der Waals surface area contributed by atoms with Crippen LogP contribution in [-0.2, 0) is 0 Å². The molecule has 1 heterocycles. The Bertz CT molecular complexity index is 401. The molecule has 0 bridgehead atoms. The molecule has 6 heteroatoms. The van der Waals surface area contributed by atoms with Gasteiger partial charge in [-0.15, -0.1) is 0 Å². The third kappa shape index (κ3) is 3.03. The number of nitro groups is 1. The normalized spacial score (nSPS) is 12.5. The quantitative estimate of drug-likeness (QED) is 0.651. The molecule has 1 N–H and O–H groups in total. The Balaban J connectivity index is 2.70. The van der Waals surface area contributed by atoms with Crippen molar-refractivity contribution in [2.75, 3.05) is 0 Å². The third-order valence-electron chi connectivity index (χ3n) is 2.35. The van der Waals surface area contributed by atoms with Crippen LogP contribution in [0.25, 0.3) is 0 Å². The van der Waals surface area contributed by atoms with Crippen LogP contribution in [0.4, 0.5) is 5.00 Å². The molecule has 1 atom stereocenters. The van der Waals surface area contributed by atoms with Crippen molar-refractivity contribution < 1.29 is 9.72 Å². The molecule has 0 spiro atoms. The molecule has 16 heavy (non-hydrogen) atoms. The van der Waals surface area contributed by atoms with Gasteiger partial charge < -0.3 is 5.32 Å². The Labute approximate surface area is 97.6 Å². The van der Waals surface area contributed by atoms with Crippen LogP contribution in [0.15, 0.2) is 12.1 Å². The van der Waals surface area contributed by atoms with Gasteiger partial charge in [0.1, 0.15) is 0 Å². The molecule has 0 fully saturated rings. The first-order valence-corrected chi connectivity index (χ1v) is 5.78. The lowest BCUT2D eigenvalue weighted by atomic mass is 10.1. The number of carbonyl (C=O) groups is 1. The Morgan fingerprint density at radius 3 is 2.50 bits per heavy atom. The summed E-state index contributed by atoms with van der Waals surface area (Å²) in [6, 6.07) is 2.87. The number of nitrogens with zero attached hydrogens (tertiary/aromatic N) is 1. The van der Waals surface area contributed by atoms with Crippen molar-refractivity contribution in [1.82, 2.24) is 5.32 Å². The van der Waals surface area contributed by atoms with Gasteiger partial charge in [-0.1, -0.05) is 25.2 Å². The standard InChI is InChI=1S/C10H14N2O3S/c1-6(2)7(3)11-10(13)8-4-5-9(16-8)12(14)15/h4-7H,1-3H3,(H,11,13). The fourth-order valence-electron chi connectivity index (χ4n) is 0.992. The van der Waals surface area contributed by atoms with E-state index < -0.39 is 4.92 Å². The van der Waals surface area contributed by atoms with Gasteiger partial charge >= 0.3 is 5.00 Å². The van der Waals surface area contributed by atoms with Gasteiger partial charge in [0.25, 0.3) is 5.91 Å². The van der Waals surface area contributed by atoms with Crippen molar-refractivity contribution in [3.63, 3.8) is 0 Å². The van der Waals surface area contributed by atoms with Crippen LogP contribution in [0.1, 0.15) is 30.4 Å². The zero-order valence-corrected chi connectivity index (χ0v) is 10.2. The molecular formula is C10H14N2O3S. The maximum absolute atomic E-state index is 11.7. The molecule has 0 radical (unpaired) electrons. The third-order valence-corrected chi connectivity index (χ3v) is 3.39. The van der Waals surface area contributed by atoms with E-state index in [9.17, 15) is 14.9 Å². The van der Waals surface area contributed by atoms with Gasteiger partial charge in [0.05, 0.1) is 9.80 Å². The fourth-order valence-corrected chi connectivity index (χ4v) is 1.72. The molecular weight excluding hydrogens is 228 g/mol. The fraction of sp³-hybridized carbons (Fsp3) is 0.500. The summed E-state index contributed by atoms with van der Waals surface area (Å²) >= 11 is 0.892. The van der Waals surface area contributed by atoms with E-state index in [1.165, 1.54) is 12.1 Å². The van der Waals surface area contributed by atoms with Crippen LogP contribution in [-0.4, -0.2) is 16.9 Å². The number of amides is 1. The summed E-state index contributed by atoms with van der Waals surface area (Å²) in [4.78, 5) is 22.0. The number of rotatable bonds is 4. The van der Waals surface area contributed by atoms with E-state index in [1.807, 2.05) is 20.8 Å². The maximum atomic E-state index is 11.7. The second kappa shape index (κ2) is 5.07. The van der Waals surface area contributed by atoms with E-state index in [-0.39, 0.29) is 17.0 Å². The average Bonchev–Trinajstić information content (AvgIpc) is 2.65. The number of hydrogen-bond donors (Lipinski definition) is 1. The van der Waals surface area contributed by atoms with E-state index in [0.717, 1.165) is 11.3 Å². The van der Waals surface area contributed by atoms with Gasteiger partial charge in [0.15, 0.2) is 0 Å². The van der Waals surface area contributed by atoms with Crippen LogP contribution >= 0.6 is 11.3 Å². The number of nitrogens with one attached hydrogen (secondary N) is 1. The number of hydrogen-bond acceptors (Lipinski definition) is 4. The van der Waals surface area contributed by atoms with Crippen molar-refractivity contribution in [3.8, 4) is 0 Å². The van der Waals surface area contributed by atoms with Crippen molar-refractivity contribution in [2.45, 2.75) is 26.8 Å². The minimum absolute atomic E-state index is 0.0117. The smallest absolute Gasteiger partial charge is 0.324 e. The Morgan fingerprint density at radius 2 is 2.06 bits per heavy atom. The van der Waals surface area contributed by atoms with Crippen LogP contribution in [0.3, 0.4) is 0 Å². The molecule has 88 valence electrons. The molecule has 0 aliphatic rings. The van der Waals surface area contributed by atoms with E-state index in [2.05, 4.69) is 5.32 Å². The lowest BCUT2D eigenvalue weighted by Gasteiger charge is -2.16. The number of thiophene rings is 1. The highest BCUT2D eigenvalue weighted by Crippen LogP contribution is 2.23. The number of carbonyl (C=O) groups excluding carboxylic acids is 1. The minimum Gasteiger partial charge on any atom is -0.349 e. The average molecular weight is 242 g/mol. The summed E-state index contributed by atoms with van der Waals surface area (Å²) in [6.07, 6.45) is 0. The lowest BCUT2D eigenvalue weighted by molar-refractivity contribution is -0.380. The highest BCUT2D eigenvalue weighted by Gasteiger charge is 2.17. The molecule has 0 aliphatic carbocycles.